The van der Waals surface area contributed by atoms with Crippen molar-refractivity contribution in [1.82, 2.24) is 5.43 Å². The van der Waals surface area contributed by atoms with Gasteiger partial charge < -0.3 is 15.2 Å². The van der Waals surface area contributed by atoms with E-state index >= 15 is 0 Å². The van der Waals surface area contributed by atoms with Crippen LogP contribution in [0.15, 0.2) is 52.2 Å². The average Bonchev–Trinajstić information content (AvgIpc) is 3.15. The Bertz CT molecular complexity index is 1140. The predicted molar refractivity (Wildman–Crippen MR) is 146 cm³/mol. The van der Waals surface area contributed by atoms with Gasteiger partial charge in [0, 0.05) is 32.0 Å². The number of nitrogens with two attached hydrogens (primary N) is 1. The van der Waals surface area contributed by atoms with Crippen molar-refractivity contribution in [3.8, 4) is 0 Å². The van der Waals surface area contributed by atoms with Gasteiger partial charge in [-0.1, -0.05) is 36.8 Å². The van der Waals surface area contributed by atoms with Crippen LogP contribution in [-0.4, -0.2) is 43.5 Å². The molecule has 1 aromatic carbocycles. The third-order valence-corrected chi connectivity index (χ3v) is 9.61. The number of nitrogens with one attached hydrogen (secondary N) is 1. The van der Waals surface area contributed by atoms with E-state index in [1.54, 1.807) is 18.9 Å². The van der Waals surface area contributed by atoms with Crippen LogP contribution >= 0.6 is 12.2 Å². The second-order valence-electron chi connectivity index (χ2n) is 11.1. The Morgan fingerprint density at radius 1 is 1.22 bits per heavy atom. The minimum atomic E-state index is -0.279. The number of fused-ring (bicyclic) bond motifs is 4. The maximum Gasteiger partial charge on any atom is 0.184 e. The molecule has 5 rings (SSSR count). The summed E-state index contributed by atoms with van der Waals surface area (Å²) in [6.45, 7) is 3.06. The number of rotatable bonds is 6. The van der Waals surface area contributed by atoms with Gasteiger partial charge in [0.1, 0.15) is 0 Å². The van der Waals surface area contributed by atoms with Crippen molar-refractivity contribution in [1.29, 1.82) is 0 Å². The zero-order valence-electron chi connectivity index (χ0n) is 21.5. The third kappa shape index (κ3) is 4.15. The van der Waals surface area contributed by atoms with Crippen LogP contribution < -0.4 is 11.2 Å². The van der Waals surface area contributed by atoms with E-state index < -0.39 is 0 Å². The summed E-state index contributed by atoms with van der Waals surface area (Å²) in [6, 6.07) is 8.66. The number of thiocarbonyl (C=S) groups is 1. The van der Waals surface area contributed by atoms with Crippen molar-refractivity contribution in [2.24, 2.45) is 28.1 Å². The first-order chi connectivity index (χ1) is 17.3. The first kappa shape index (κ1) is 25.3. The normalized spacial score (nSPS) is 33.7. The summed E-state index contributed by atoms with van der Waals surface area (Å²) in [7, 11) is 3.65. The number of carbonyl (C=O) groups excluding carboxylic acids is 1. The minimum absolute atomic E-state index is 0.00370. The number of methoxy groups -OCH3 is 2. The van der Waals surface area contributed by atoms with Crippen molar-refractivity contribution >= 4 is 29.3 Å². The molecule has 6 nitrogen and oxygen atoms in total. The lowest BCUT2D eigenvalue weighted by molar-refractivity contribution is -0.149. The quantitative estimate of drug-likeness (QED) is 0.327. The smallest absolute Gasteiger partial charge is 0.184 e. The summed E-state index contributed by atoms with van der Waals surface area (Å²) in [4.78, 5) is 12.3. The van der Waals surface area contributed by atoms with E-state index in [1.165, 1.54) is 16.7 Å². The fraction of sp³-hybridized carbons (Fsp3) is 0.552. The van der Waals surface area contributed by atoms with Gasteiger partial charge in [0.15, 0.2) is 10.9 Å². The van der Waals surface area contributed by atoms with Gasteiger partial charge in [-0.05, 0) is 90.9 Å². The molecule has 7 heteroatoms. The lowest BCUT2D eigenvalue weighted by Gasteiger charge is -2.55. The van der Waals surface area contributed by atoms with Gasteiger partial charge in [-0.25, -0.2) is 0 Å². The van der Waals surface area contributed by atoms with Crippen LogP contribution in [0.2, 0.25) is 0 Å². The van der Waals surface area contributed by atoms with Gasteiger partial charge in [0.2, 0.25) is 0 Å². The number of carbonyl (C=O) groups is 1. The average molecular weight is 508 g/mol. The summed E-state index contributed by atoms with van der Waals surface area (Å²) < 4.78 is 12.1. The first-order valence-corrected chi connectivity index (χ1v) is 13.4. The maximum absolute atomic E-state index is 12.3. The molecule has 3 N–H and O–H groups in total. The van der Waals surface area contributed by atoms with E-state index in [2.05, 4.69) is 41.7 Å². The number of hydrogen-bond donors (Lipinski definition) is 2. The molecule has 0 saturated heterocycles. The van der Waals surface area contributed by atoms with E-state index in [0.29, 0.717) is 24.9 Å². The zero-order chi connectivity index (χ0) is 25.5. The Hall–Kier alpha value is -2.35. The van der Waals surface area contributed by atoms with Gasteiger partial charge in [0.25, 0.3) is 0 Å². The second-order valence-corrected chi connectivity index (χ2v) is 11.5. The highest BCUT2D eigenvalue weighted by atomic mass is 32.1. The van der Waals surface area contributed by atoms with Crippen LogP contribution in [0.1, 0.15) is 68.9 Å². The molecular weight excluding hydrogens is 470 g/mol. The minimum Gasteiger partial charge on any atom is -0.382 e. The molecule has 0 spiro atoms. The van der Waals surface area contributed by atoms with Gasteiger partial charge in [-0.3, -0.25) is 10.2 Å². The molecule has 0 bridgehead atoms. The highest BCUT2D eigenvalue weighted by Gasteiger charge is 2.63. The first-order valence-electron chi connectivity index (χ1n) is 13.0. The Kier molecular flexibility index (Phi) is 6.92. The van der Waals surface area contributed by atoms with E-state index in [0.717, 1.165) is 44.1 Å². The Morgan fingerprint density at radius 3 is 2.69 bits per heavy atom. The van der Waals surface area contributed by atoms with Gasteiger partial charge in [0.05, 0.1) is 18.4 Å². The van der Waals surface area contributed by atoms with Crippen LogP contribution in [0.4, 0.5) is 0 Å². The number of allylic oxidation sites excluding steroid dienone is 4. The fourth-order valence-electron chi connectivity index (χ4n) is 7.89. The standard InChI is InChI=1S/C29H37N3O3S/c1-28-15-24(19-6-4-18(5-7-19)16-31-32-27(30)36)26-22-11-9-21(33)14-20(22)8-10-23(26)25(28)12-13-29(28,35-3)17-34-2/h4-7,14,16,23-25H,8-13,15,17H2,1-3H3,(H3,30,32,36)/t23-,24+,25-,28-,29+/m0/s1. The molecular formula is C29H37N3O3S. The zero-order valence-corrected chi connectivity index (χ0v) is 22.3. The van der Waals surface area contributed by atoms with Crippen molar-refractivity contribution in [2.45, 2.75) is 63.4 Å². The Balaban J connectivity index is 1.58. The topological polar surface area (TPSA) is 85.9 Å². The molecule has 0 aromatic heterocycles. The number of ether oxygens (including phenoxy) is 2. The number of nitrogens with zero attached hydrogens (tertiary/aromatic N) is 1. The highest BCUT2D eigenvalue weighted by Crippen LogP contribution is 2.67. The van der Waals surface area contributed by atoms with E-state index in [-0.39, 0.29) is 27.8 Å². The van der Waals surface area contributed by atoms with Crippen molar-refractivity contribution in [2.75, 3.05) is 20.8 Å². The van der Waals surface area contributed by atoms with Crippen LogP contribution in [-0.2, 0) is 14.3 Å². The predicted octanol–water partition coefficient (Wildman–Crippen LogP) is 4.78. The van der Waals surface area contributed by atoms with Gasteiger partial charge in [-0.2, -0.15) is 5.10 Å². The molecule has 0 radical (unpaired) electrons. The molecule has 192 valence electrons. The molecule has 0 amide bonds. The molecule has 0 aliphatic heterocycles. The fourth-order valence-corrected chi connectivity index (χ4v) is 7.94. The molecule has 0 unspecified atom stereocenters. The number of benzene rings is 1. The Labute approximate surface area is 219 Å². The summed E-state index contributed by atoms with van der Waals surface area (Å²) in [5.74, 6) is 1.63. The van der Waals surface area contributed by atoms with Crippen molar-refractivity contribution in [3.63, 3.8) is 0 Å². The van der Waals surface area contributed by atoms with Gasteiger partial charge in [-0.15, -0.1) is 0 Å². The summed E-state index contributed by atoms with van der Waals surface area (Å²) >= 11 is 4.82. The molecule has 4 aliphatic carbocycles. The summed E-state index contributed by atoms with van der Waals surface area (Å²) in [5.41, 5.74) is 14.4. The Morgan fingerprint density at radius 2 is 2.00 bits per heavy atom. The molecule has 4 aliphatic rings. The summed E-state index contributed by atoms with van der Waals surface area (Å²) in [5, 5.41) is 4.24. The lowest BCUT2D eigenvalue weighted by Crippen LogP contribution is -2.54. The van der Waals surface area contributed by atoms with Crippen LogP contribution in [0.25, 0.3) is 0 Å². The van der Waals surface area contributed by atoms with Crippen LogP contribution in [0, 0.1) is 17.3 Å². The van der Waals surface area contributed by atoms with E-state index in [1.807, 2.05) is 13.2 Å². The second kappa shape index (κ2) is 9.84. The van der Waals surface area contributed by atoms with Gasteiger partial charge >= 0.3 is 0 Å². The number of ketones is 1. The SMILES string of the molecule is COC[C@]1(OC)CC[C@H]2[C@@H]3CCC4=CC(=O)CCC4=C3[C@@H](c3ccc(C=NNC(N)=S)cc3)C[C@@]21C. The van der Waals surface area contributed by atoms with Crippen molar-refractivity contribution < 1.29 is 14.3 Å². The number of hydrazone groups is 1. The molecule has 2 saturated carbocycles. The van der Waals surface area contributed by atoms with Crippen molar-refractivity contribution in [3.05, 3.63) is 58.2 Å². The summed E-state index contributed by atoms with van der Waals surface area (Å²) in [6.07, 6.45) is 10.5. The van der Waals surface area contributed by atoms with E-state index in [9.17, 15) is 4.79 Å². The van der Waals surface area contributed by atoms with Crippen LogP contribution in [0.3, 0.4) is 0 Å². The van der Waals surface area contributed by atoms with Crippen LogP contribution in [0.5, 0.6) is 0 Å². The highest BCUT2D eigenvalue weighted by molar-refractivity contribution is 7.80. The van der Waals surface area contributed by atoms with E-state index in [4.69, 9.17) is 27.4 Å². The largest absolute Gasteiger partial charge is 0.382 e. The molecule has 36 heavy (non-hydrogen) atoms. The monoisotopic (exact) mass is 507 g/mol. The molecule has 2 fully saturated rings. The number of hydrogen-bond acceptors (Lipinski definition) is 5. The molecule has 0 heterocycles. The third-order valence-electron chi connectivity index (χ3n) is 9.52. The maximum atomic E-state index is 12.3. The lowest BCUT2D eigenvalue weighted by atomic mass is 9.51. The molecule has 1 aromatic rings. The molecule has 5 atom stereocenters.